The quantitative estimate of drug-likeness (QED) is 0.651. The molecule has 1 aromatic heterocycles. The molecule has 0 atom stereocenters. The third-order valence-electron chi connectivity index (χ3n) is 2.86. The minimum Gasteiger partial charge on any atom is -0.378 e. The summed E-state index contributed by atoms with van der Waals surface area (Å²) in [6, 6.07) is 3.73. The number of nitro benzene ring substituents is 1. The number of hydrogen-bond donors (Lipinski definition) is 1. The third-order valence-corrected chi connectivity index (χ3v) is 2.86. The minimum atomic E-state index is -0.840. The molecular weight excluding hydrogens is 263 g/mol. The standard InChI is InChI=1S/C13H15FN4O2/c1-2-6-17-7-5-15-13(17)9-16-10-3-4-11(14)12(8-10)18(19)20/h3-5,7-8,16H,2,6,9H2,1H3. The second-order valence-corrected chi connectivity index (χ2v) is 4.31. The zero-order valence-electron chi connectivity index (χ0n) is 11.0. The first-order valence-corrected chi connectivity index (χ1v) is 6.29. The lowest BCUT2D eigenvalue weighted by atomic mass is 10.2. The molecule has 0 amide bonds. The molecule has 0 aliphatic heterocycles. The molecule has 0 fully saturated rings. The second kappa shape index (κ2) is 6.14. The highest BCUT2D eigenvalue weighted by Crippen LogP contribution is 2.21. The Morgan fingerprint density at radius 1 is 1.50 bits per heavy atom. The van der Waals surface area contributed by atoms with Crippen LogP contribution >= 0.6 is 0 Å². The number of benzene rings is 1. The molecule has 0 radical (unpaired) electrons. The van der Waals surface area contributed by atoms with Crippen LogP contribution in [0.3, 0.4) is 0 Å². The molecule has 1 N–H and O–H groups in total. The molecule has 1 aromatic carbocycles. The molecule has 0 spiro atoms. The predicted octanol–water partition coefficient (Wildman–Crippen LogP) is 2.95. The van der Waals surface area contributed by atoms with Crippen LogP contribution in [0.15, 0.2) is 30.6 Å². The first-order valence-electron chi connectivity index (χ1n) is 6.29. The van der Waals surface area contributed by atoms with Gasteiger partial charge in [-0.2, -0.15) is 4.39 Å². The fourth-order valence-corrected chi connectivity index (χ4v) is 1.90. The minimum absolute atomic E-state index is 0.426. The van der Waals surface area contributed by atoms with Crippen LogP contribution in [0.5, 0.6) is 0 Å². The first-order chi connectivity index (χ1) is 9.61. The van der Waals surface area contributed by atoms with Gasteiger partial charge in [-0.05, 0) is 18.6 Å². The Bertz CT molecular complexity index is 612. The van der Waals surface area contributed by atoms with E-state index in [1.165, 1.54) is 12.1 Å². The summed E-state index contributed by atoms with van der Waals surface area (Å²) in [6.45, 7) is 3.36. The highest BCUT2D eigenvalue weighted by atomic mass is 19.1. The molecule has 2 rings (SSSR count). The Hall–Kier alpha value is -2.44. The van der Waals surface area contributed by atoms with Crippen molar-refractivity contribution in [2.45, 2.75) is 26.4 Å². The molecule has 6 nitrogen and oxygen atoms in total. The Morgan fingerprint density at radius 2 is 2.30 bits per heavy atom. The molecule has 106 valence electrons. The summed E-state index contributed by atoms with van der Waals surface area (Å²) in [5.41, 5.74) is -0.0453. The SMILES string of the molecule is CCCn1ccnc1CNc1ccc(F)c([N+](=O)[O-])c1. The van der Waals surface area contributed by atoms with Crippen LogP contribution in [0.25, 0.3) is 0 Å². The van der Waals surface area contributed by atoms with Gasteiger partial charge < -0.3 is 9.88 Å². The molecule has 1 heterocycles. The largest absolute Gasteiger partial charge is 0.378 e. The number of nitrogens with zero attached hydrogens (tertiary/aromatic N) is 3. The number of halogens is 1. The fourth-order valence-electron chi connectivity index (χ4n) is 1.90. The van der Waals surface area contributed by atoms with Crippen molar-refractivity contribution < 1.29 is 9.31 Å². The molecule has 2 aromatic rings. The Kier molecular flexibility index (Phi) is 4.29. The Labute approximate surface area is 115 Å². The average molecular weight is 278 g/mol. The molecule has 0 saturated heterocycles. The lowest BCUT2D eigenvalue weighted by molar-refractivity contribution is -0.387. The maximum absolute atomic E-state index is 13.2. The van der Waals surface area contributed by atoms with Crippen LogP contribution in [0.4, 0.5) is 15.8 Å². The number of aromatic nitrogens is 2. The summed E-state index contributed by atoms with van der Waals surface area (Å²) < 4.78 is 15.2. The molecule has 0 unspecified atom stereocenters. The van der Waals surface area contributed by atoms with Crippen molar-refractivity contribution >= 4 is 11.4 Å². The summed E-state index contributed by atoms with van der Waals surface area (Å²) in [7, 11) is 0. The van der Waals surface area contributed by atoms with Gasteiger partial charge in [0.2, 0.25) is 5.82 Å². The van der Waals surface area contributed by atoms with Crippen LogP contribution in [0.1, 0.15) is 19.2 Å². The third kappa shape index (κ3) is 3.11. The molecule has 0 saturated carbocycles. The van der Waals surface area contributed by atoms with E-state index in [9.17, 15) is 14.5 Å². The normalized spacial score (nSPS) is 10.5. The number of imidazole rings is 1. The van der Waals surface area contributed by atoms with Crippen LogP contribution < -0.4 is 5.32 Å². The van der Waals surface area contributed by atoms with Gasteiger partial charge in [0.25, 0.3) is 0 Å². The zero-order valence-corrected chi connectivity index (χ0v) is 11.0. The van der Waals surface area contributed by atoms with Gasteiger partial charge in [-0.25, -0.2) is 4.98 Å². The van der Waals surface area contributed by atoms with E-state index in [0.717, 1.165) is 24.9 Å². The second-order valence-electron chi connectivity index (χ2n) is 4.31. The van der Waals surface area contributed by atoms with Crippen molar-refractivity contribution in [3.05, 3.63) is 52.3 Å². The van der Waals surface area contributed by atoms with Crippen molar-refractivity contribution in [3.8, 4) is 0 Å². The van der Waals surface area contributed by atoms with Gasteiger partial charge in [0.05, 0.1) is 11.5 Å². The van der Waals surface area contributed by atoms with E-state index in [1.807, 2.05) is 10.8 Å². The lowest BCUT2D eigenvalue weighted by Crippen LogP contribution is -2.08. The summed E-state index contributed by atoms with van der Waals surface area (Å²) in [5.74, 6) is -0.00754. The van der Waals surface area contributed by atoms with Crippen LogP contribution in [-0.2, 0) is 13.1 Å². The molecule has 20 heavy (non-hydrogen) atoms. The van der Waals surface area contributed by atoms with Gasteiger partial charge in [-0.1, -0.05) is 6.92 Å². The molecular formula is C13H15FN4O2. The number of nitro groups is 1. The summed E-state index contributed by atoms with van der Waals surface area (Å²) in [6.07, 6.45) is 4.58. The van der Waals surface area contributed by atoms with Crippen molar-refractivity contribution in [2.75, 3.05) is 5.32 Å². The maximum atomic E-state index is 13.2. The van der Waals surface area contributed by atoms with E-state index in [0.29, 0.717) is 12.2 Å². The fraction of sp³-hybridized carbons (Fsp3) is 0.308. The number of hydrogen-bond acceptors (Lipinski definition) is 4. The van der Waals surface area contributed by atoms with E-state index in [2.05, 4.69) is 17.2 Å². The lowest BCUT2D eigenvalue weighted by Gasteiger charge is -2.08. The molecule has 7 heteroatoms. The van der Waals surface area contributed by atoms with E-state index in [-0.39, 0.29) is 0 Å². The monoisotopic (exact) mass is 278 g/mol. The van der Waals surface area contributed by atoms with Crippen molar-refractivity contribution in [1.29, 1.82) is 0 Å². The number of rotatable bonds is 6. The van der Waals surface area contributed by atoms with Crippen LogP contribution in [-0.4, -0.2) is 14.5 Å². The molecule has 0 aliphatic rings. The van der Waals surface area contributed by atoms with Gasteiger partial charge in [-0.15, -0.1) is 0 Å². The van der Waals surface area contributed by atoms with E-state index in [1.54, 1.807) is 6.20 Å². The van der Waals surface area contributed by atoms with Gasteiger partial charge in [0.15, 0.2) is 0 Å². The van der Waals surface area contributed by atoms with Crippen molar-refractivity contribution in [3.63, 3.8) is 0 Å². The number of anilines is 1. The van der Waals surface area contributed by atoms with Gasteiger partial charge >= 0.3 is 5.69 Å². The summed E-state index contributed by atoms with van der Waals surface area (Å²) >= 11 is 0. The Morgan fingerprint density at radius 3 is 3.00 bits per heavy atom. The van der Waals surface area contributed by atoms with E-state index in [4.69, 9.17) is 0 Å². The Balaban J connectivity index is 2.09. The predicted molar refractivity (Wildman–Crippen MR) is 72.9 cm³/mol. The summed E-state index contributed by atoms with van der Waals surface area (Å²) in [5, 5.41) is 13.7. The highest BCUT2D eigenvalue weighted by molar-refractivity contribution is 5.51. The van der Waals surface area contributed by atoms with Gasteiger partial charge in [0, 0.05) is 30.7 Å². The van der Waals surface area contributed by atoms with Gasteiger partial charge in [0.1, 0.15) is 5.82 Å². The number of nitrogens with one attached hydrogen (secondary N) is 1. The van der Waals surface area contributed by atoms with Crippen molar-refractivity contribution in [1.82, 2.24) is 9.55 Å². The van der Waals surface area contributed by atoms with Crippen LogP contribution in [0, 0.1) is 15.9 Å². The average Bonchev–Trinajstić information content (AvgIpc) is 2.85. The first kappa shape index (κ1) is 14.0. The highest BCUT2D eigenvalue weighted by Gasteiger charge is 2.14. The molecule has 0 aliphatic carbocycles. The maximum Gasteiger partial charge on any atom is 0.306 e. The smallest absolute Gasteiger partial charge is 0.306 e. The zero-order chi connectivity index (χ0) is 14.5. The van der Waals surface area contributed by atoms with E-state index < -0.39 is 16.4 Å². The van der Waals surface area contributed by atoms with E-state index >= 15 is 0 Å². The topological polar surface area (TPSA) is 73.0 Å². The number of aryl methyl sites for hydroxylation is 1. The van der Waals surface area contributed by atoms with Crippen molar-refractivity contribution in [2.24, 2.45) is 0 Å². The molecule has 0 bridgehead atoms. The van der Waals surface area contributed by atoms with Gasteiger partial charge in [-0.3, -0.25) is 10.1 Å². The summed E-state index contributed by atoms with van der Waals surface area (Å²) in [4.78, 5) is 14.1. The van der Waals surface area contributed by atoms with Crippen LogP contribution in [0.2, 0.25) is 0 Å².